The molecule has 5 nitrogen and oxygen atoms in total. The maximum atomic E-state index is 12.0. The highest BCUT2D eigenvalue weighted by Crippen LogP contribution is 2.21. The molecule has 6 heteroatoms. The highest BCUT2D eigenvalue weighted by Gasteiger charge is 2.34. The fourth-order valence-corrected chi connectivity index (χ4v) is 3.81. The van der Waals surface area contributed by atoms with Crippen molar-refractivity contribution in [1.82, 2.24) is 5.32 Å². The van der Waals surface area contributed by atoms with E-state index < -0.39 is 9.84 Å². The van der Waals surface area contributed by atoms with E-state index in [1.54, 1.807) is 0 Å². The Morgan fingerprint density at radius 3 is 2.76 bits per heavy atom. The van der Waals surface area contributed by atoms with Gasteiger partial charge in [-0.05, 0) is 20.3 Å². The second-order valence-electron chi connectivity index (χ2n) is 4.22. The molecule has 0 spiro atoms. The second-order valence-corrected chi connectivity index (χ2v) is 6.56. The first kappa shape index (κ1) is 14.9. The smallest absolute Gasteiger partial charge is 0.157 e. The highest BCUT2D eigenvalue weighted by molar-refractivity contribution is 7.92. The van der Waals surface area contributed by atoms with Crippen LogP contribution in [0.3, 0.4) is 0 Å². The van der Waals surface area contributed by atoms with Gasteiger partial charge < -0.3 is 14.8 Å². The molecule has 1 aliphatic rings. The Balaban J connectivity index is 2.21. The molecule has 0 aliphatic carbocycles. The van der Waals surface area contributed by atoms with Gasteiger partial charge in [-0.15, -0.1) is 0 Å². The van der Waals surface area contributed by atoms with Crippen LogP contribution in [0.15, 0.2) is 0 Å². The van der Waals surface area contributed by atoms with Gasteiger partial charge in [-0.2, -0.15) is 0 Å². The third kappa shape index (κ3) is 4.91. The molecule has 0 aromatic heterocycles. The Morgan fingerprint density at radius 2 is 2.18 bits per heavy atom. The van der Waals surface area contributed by atoms with Gasteiger partial charge in [0, 0.05) is 26.3 Å². The maximum Gasteiger partial charge on any atom is 0.157 e. The van der Waals surface area contributed by atoms with Crippen molar-refractivity contribution in [2.24, 2.45) is 0 Å². The molecule has 1 fully saturated rings. The minimum atomic E-state index is -3.03. The predicted molar refractivity (Wildman–Crippen MR) is 67.0 cm³/mol. The third-order valence-electron chi connectivity index (χ3n) is 2.96. The van der Waals surface area contributed by atoms with E-state index >= 15 is 0 Å². The summed E-state index contributed by atoms with van der Waals surface area (Å²) in [7, 11) is -3.03. The summed E-state index contributed by atoms with van der Waals surface area (Å²) < 4.78 is 34.4. The van der Waals surface area contributed by atoms with Crippen molar-refractivity contribution in [3.8, 4) is 0 Å². The topological polar surface area (TPSA) is 64.6 Å². The summed E-state index contributed by atoms with van der Waals surface area (Å²) in [5, 5.41) is 2.75. The fraction of sp³-hybridized carbons (Fsp3) is 1.00. The van der Waals surface area contributed by atoms with Crippen molar-refractivity contribution in [1.29, 1.82) is 0 Å². The Bertz CT molecular complexity index is 305. The first-order valence-electron chi connectivity index (χ1n) is 6.19. The van der Waals surface area contributed by atoms with Gasteiger partial charge in [0.1, 0.15) is 0 Å². The van der Waals surface area contributed by atoms with Gasteiger partial charge >= 0.3 is 0 Å². The summed E-state index contributed by atoms with van der Waals surface area (Å²) in [6.45, 7) is 6.82. The zero-order chi connectivity index (χ0) is 12.7. The summed E-state index contributed by atoms with van der Waals surface area (Å²) in [5.41, 5.74) is 0. The summed E-state index contributed by atoms with van der Waals surface area (Å²) in [6, 6.07) is 0. The van der Waals surface area contributed by atoms with E-state index in [0.29, 0.717) is 39.3 Å². The van der Waals surface area contributed by atoms with E-state index in [0.717, 1.165) is 0 Å². The van der Waals surface area contributed by atoms with Crippen LogP contribution in [0.4, 0.5) is 0 Å². The van der Waals surface area contributed by atoms with E-state index in [9.17, 15) is 8.42 Å². The summed E-state index contributed by atoms with van der Waals surface area (Å²) in [5.74, 6) is 0.178. The quantitative estimate of drug-likeness (QED) is 0.635. The molecule has 0 bridgehead atoms. The molecule has 0 radical (unpaired) electrons. The number of rotatable bonds is 8. The van der Waals surface area contributed by atoms with Gasteiger partial charge in [-0.25, -0.2) is 8.42 Å². The molecule has 1 heterocycles. The predicted octanol–water partition coefficient (Wildman–Crippen LogP) is 0.205. The average molecular weight is 265 g/mol. The van der Waals surface area contributed by atoms with Gasteiger partial charge in [0.2, 0.25) is 0 Å². The van der Waals surface area contributed by atoms with Crippen LogP contribution in [0.25, 0.3) is 0 Å². The lowest BCUT2D eigenvalue weighted by Crippen LogP contribution is -2.34. The van der Waals surface area contributed by atoms with Crippen molar-refractivity contribution in [2.45, 2.75) is 31.6 Å². The van der Waals surface area contributed by atoms with Crippen molar-refractivity contribution < 1.29 is 17.9 Å². The molecule has 0 aromatic rings. The molecule has 102 valence electrons. The van der Waals surface area contributed by atoms with Crippen LogP contribution in [-0.4, -0.2) is 58.4 Å². The number of ether oxygens (including phenoxy) is 2. The van der Waals surface area contributed by atoms with Crippen LogP contribution in [0.1, 0.15) is 20.3 Å². The van der Waals surface area contributed by atoms with Crippen molar-refractivity contribution in [2.75, 3.05) is 38.7 Å². The first-order valence-corrected chi connectivity index (χ1v) is 7.91. The number of sulfone groups is 1. The van der Waals surface area contributed by atoms with Crippen molar-refractivity contribution >= 4 is 9.84 Å². The molecule has 17 heavy (non-hydrogen) atoms. The van der Waals surface area contributed by atoms with Gasteiger partial charge in [0.15, 0.2) is 9.84 Å². The molecule has 1 N–H and O–H groups in total. The molecule has 2 atom stereocenters. The van der Waals surface area contributed by atoms with E-state index in [1.165, 1.54) is 0 Å². The SMILES string of the molecule is CCOCCNCCS(=O)(=O)C1CCOC1C. The third-order valence-corrected chi connectivity index (χ3v) is 5.27. The summed E-state index contributed by atoms with van der Waals surface area (Å²) >= 11 is 0. The summed E-state index contributed by atoms with van der Waals surface area (Å²) in [6.07, 6.45) is 0.464. The minimum Gasteiger partial charge on any atom is -0.380 e. The normalized spacial score (nSPS) is 25.3. The molecule has 1 aliphatic heterocycles. The lowest BCUT2D eigenvalue weighted by atomic mass is 10.3. The number of nitrogens with one attached hydrogen (secondary N) is 1. The molecule has 1 saturated heterocycles. The number of hydrogen-bond acceptors (Lipinski definition) is 5. The Morgan fingerprint density at radius 1 is 1.41 bits per heavy atom. The molecular formula is C11H23NO4S. The van der Waals surface area contributed by atoms with Crippen LogP contribution < -0.4 is 5.32 Å². The van der Waals surface area contributed by atoms with Crippen molar-refractivity contribution in [3.63, 3.8) is 0 Å². The average Bonchev–Trinajstić information content (AvgIpc) is 2.70. The Kier molecular flexibility index (Phi) is 6.40. The van der Waals surface area contributed by atoms with Crippen LogP contribution in [0.2, 0.25) is 0 Å². The van der Waals surface area contributed by atoms with E-state index in [4.69, 9.17) is 9.47 Å². The zero-order valence-electron chi connectivity index (χ0n) is 10.6. The molecular weight excluding hydrogens is 242 g/mol. The molecule has 0 aromatic carbocycles. The van der Waals surface area contributed by atoms with Gasteiger partial charge in [0.25, 0.3) is 0 Å². The van der Waals surface area contributed by atoms with Gasteiger partial charge in [-0.1, -0.05) is 0 Å². The zero-order valence-corrected chi connectivity index (χ0v) is 11.5. The largest absolute Gasteiger partial charge is 0.380 e. The Hall–Kier alpha value is -0.170. The monoisotopic (exact) mass is 265 g/mol. The fourth-order valence-electron chi connectivity index (χ4n) is 1.96. The molecule has 1 rings (SSSR count). The van der Waals surface area contributed by atoms with Crippen LogP contribution >= 0.6 is 0 Å². The van der Waals surface area contributed by atoms with Crippen LogP contribution in [-0.2, 0) is 19.3 Å². The van der Waals surface area contributed by atoms with E-state index in [2.05, 4.69) is 5.32 Å². The number of hydrogen-bond donors (Lipinski definition) is 1. The van der Waals surface area contributed by atoms with E-state index in [1.807, 2.05) is 13.8 Å². The lowest BCUT2D eigenvalue weighted by Gasteiger charge is -2.15. The molecule has 0 saturated carbocycles. The van der Waals surface area contributed by atoms with Gasteiger partial charge in [0.05, 0.1) is 23.7 Å². The molecule has 0 amide bonds. The van der Waals surface area contributed by atoms with Crippen LogP contribution in [0, 0.1) is 0 Å². The highest BCUT2D eigenvalue weighted by atomic mass is 32.2. The maximum absolute atomic E-state index is 12.0. The second kappa shape index (κ2) is 7.31. The van der Waals surface area contributed by atoms with Gasteiger partial charge in [-0.3, -0.25) is 0 Å². The van der Waals surface area contributed by atoms with E-state index in [-0.39, 0.29) is 17.1 Å². The van der Waals surface area contributed by atoms with Crippen LogP contribution in [0.5, 0.6) is 0 Å². The minimum absolute atomic E-state index is 0.163. The molecule has 2 unspecified atom stereocenters. The lowest BCUT2D eigenvalue weighted by molar-refractivity contribution is 0.126. The summed E-state index contributed by atoms with van der Waals surface area (Å²) in [4.78, 5) is 0. The van der Waals surface area contributed by atoms with Crippen molar-refractivity contribution in [3.05, 3.63) is 0 Å². The first-order chi connectivity index (χ1) is 8.08. The Labute approximate surface area is 104 Å². The standard InChI is InChI=1S/C11H23NO4S/c1-3-15-8-5-12-6-9-17(13,14)11-4-7-16-10(11)2/h10-12H,3-9H2,1-2H3.